The smallest absolute Gasteiger partial charge is 0.305 e. The van der Waals surface area contributed by atoms with E-state index in [2.05, 4.69) is 4.98 Å². The maximum absolute atomic E-state index is 12.7. The van der Waals surface area contributed by atoms with Crippen molar-refractivity contribution in [3.63, 3.8) is 0 Å². The van der Waals surface area contributed by atoms with E-state index in [0.29, 0.717) is 5.82 Å². The molecule has 1 amide bonds. The first-order chi connectivity index (χ1) is 10.1. The minimum absolute atomic E-state index is 0.00913. The van der Waals surface area contributed by atoms with Gasteiger partial charge in [0.1, 0.15) is 5.82 Å². The van der Waals surface area contributed by atoms with Crippen LogP contribution in [0.2, 0.25) is 0 Å². The van der Waals surface area contributed by atoms with Crippen molar-refractivity contribution < 1.29 is 14.7 Å². The van der Waals surface area contributed by atoms with Crippen LogP contribution in [0.25, 0.3) is 0 Å². The Kier molecular flexibility index (Phi) is 5.31. The van der Waals surface area contributed by atoms with E-state index in [1.807, 2.05) is 19.1 Å². The fourth-order valence-electron chi connectivity index (χ4n) is 2.78. The molecule has 1 fully saturated rings. The summed E-state index contributed by atoms with van der Waals surface area (Å²) in [4.78, 5) is 29.4. The summed E-state index contributed by atoms with van der Waals surface area (Å²) in [6, 6.07) is 3.70. The molecule has 1 N–H and O–H groups in total. The number of aromatic nitrogens is 1. The van der Waals surface area contributed by atoms with Crippen molar-refractivity contribution in [2.24, 2.45) is 5.92 Å². The summed E-state index contributed by atoms with van der Waals surface area (Å²) in [5.41, 5.74) is 1.01. The fourth-order valence-corrected chi connectivity index (χ4v) is 2.78. The van der Waals surface area contributed by atoms with Crippen molar-refractivity contribution in [2.45, 2.75) is 45.4 Å². The first-order valence-electron chi connectivity index (χ1n) is 7.54. The monoisotopic (exact) mass is 290 g/mol. The Labute approximate surface area is 125 Å². The average Bonchev–Trinajstić information content (AvgIpc) is 2.48. The molecule has 0 radical (unpaired) electrons. The number of nitrogens with zero attached hydrogens (tertiary/aromatic N) is 2. The van der Waals surface area contributed by atoms with Crippen LogP contribution in [-0.4, -0.2) is 28.5 Å². The van der Waals surface area contributed by atoms with E-state index >= 15 is 0 Å². The molecule has 5 nitrogen and oxygen atoms in total. The molecular weight excluding hydrogens is 268 g/mol. The largest absolute Gasteiger partial charge is 0.481 e. The van der Waals surface area contributed by atoms with Gasteiger partial charge in [0.25, 0.3) is 0 Å². The van der Waals surface area contributed by atoms with E-state index in [-0.39, 0.29) is 24.8 Å². The third-order valence-corrected chi connectivity index (χ3v) is 3.95. The van der Waals surface area contributed by atoms with Crippen LogP contribution in [-0.2, 0) is 9.59 Å². The van der Waals surface area contributed by atoms with Crippen LogP contribution in [0.4, 0.5) is 5.82 Å². The predicted molar refractivity (Wildman–Crippen MR) is 80.2 cm³/mol. The first-order valence-corrected chi connectivity index (χ1v) is 7.54. The highest BCUT2D eigenvalue weighted by atomic mass is 16.4. The highest BCUT2D eigenvalue weighted by Crippen LogP contribution is 2.27. The number of pyridine rings is 1. The zero-order valence-corrected chi connectivity index (χ0v) is 12.4. The normalized spacial score (nSPS) is 15.7. The van der Waals surface area contributed by atoms with Gasteiger partial charge in [0.15, 0.2) is 0 Å². The number of aliphatic carboxylic acids is 1. The number of hydrogen-bond donors (Lipinski definition) is 1. The number of aryl methyl sites for hydroxylation is 1. The van der Waals surface area contributed by atoms with Crippen molar-refractivity contribution in [3.05, 3.63) is 23.9 Å². The lowest BCUT2D eigenvalue weighted by Gasteiger charge is -2.28. The third-order valence-electron chi connectivity index (χ3n) is 3.95. The molecule has 1 aliphatic carbocycles. The van der Waals surface area contributed by atoms with E-state index in [4.69, 9.17) is 5.11 Å². The van der Waals surface area contributed by atoms with E-state index in [1.165, 1.54) is 6.42 Å². The number of hydrogen-bond acceptors (Lipinski definition) is 3. The Hall–Kier alpha value is -1.91. The topological polar surface area (TPSA) is 70.5 Å². The number of rotatable bonds is 5. The second-order valence-corrected chi connectivity index (χ2v) is 5.66. The van der Waals surface area contributed by atoms with Crippen molar-refractivity contribution in [3.8, 4) is 0 Å². The van der Waals surface area contributed by atoms with Gasteiger partial charge in [-0.2, -0.15) is 0 Å². The van der Waals surface area contributed by atoms with E-state index in [1.54, 1.807) is 11.1 Å². The standard InChI is InChI=1S/C16H22N2O3/c1-12-7-9-17-14(11-12)18(10-8-15(19)20)16(21)13-5-3-2-4-6-13/h7,9,11,13H,2-6,8,10H2,1H3,(H,19,20). The van der Waals surface area contributed by atoms with Crippen molar-refractivity contribution in [1.29, 1.82) is 0 Å². The summed E-state index contributed by atoms with van der Waals surface area (Å²) in [5.74, 6) is -0.306. The van der Waals surface area contributed by atoms with Gasteiger partial charge in [-0.15, -0.1) is 0 Å². The molecule has 1 aromatic rings. The molecule has 0 bridgehead atoms. The molecule has 1 heterocycles. The number of anilines is 1. The number of carboxylic acid groups (broad SMARTS) is 1. The Morgan fingerprint density at radius 1 is 1.33 bits per heavy atom. The molecule has 2 rings (SSSR count). The molecule has 21 heavy (non-hydrogen) atoms. The van der Waals surface area contributed by atoms with E-state index in [0.717, 1.165) is 31.2 Å². The lowest BCUT2D eigenvalue weighted by Crippen LogP contribution is -2.39. The molecule has 114 valence electrons. The molecule has 1 aromatic heterocycles. The Morgan fingerprint density at radius 3 is 2.67 bits per heavy atom. The summed E-state index contributed by atoms with van der Waals surface area (Å²) in [7, 11) is 0. The predicted octanol–water partition coefficient (Wildman–Crippen LogP) is 2.78. The first kappa shape index (κ1) is 15.5. The number of carbonyl (C=O) groups excluding carboxylic acids is 1. The van der Waals surface area contributed by atoms with Gasteiger partial charge in [-0.05, 0) is 37.5 Å². The van der Waals surface area contributed by atoms with Gasteiger partial charge in [0.2, 0.25) is 5.91 Å². The average molecular weight is 290 g/mol. The molecule has 1 saturated carbocycles. The summed E-state index contributed by atoms with van der Waals surface area (Å²) in [6.45, 7) is 2.12. The molecule has 5 heteroatoms. The third kappa shape index (κ3) is 4.28. The molecule has 1 aliphatic rings. The van der Waals surface area contributed by atoms with Crippen LogP contribution in [0.15, 0.2) is 18.3 Å². The fraction of sp³-hybridized carbons (Fsp3) is 0.562. The van der Waals surface area contributed by atoms with E-state index < -0.39 is 5.97 Å². The van der Waals surface area contributed by atoms with Crippen molar-refractivity contribution in [1.82, 2.24) is 4.98 Å². The quantitative estimate of drug-likeness (QED) is 0.905. The summed E-state index contributed by atoms with van der Waals surface area (Å²) in [5, 5.41) is 8.90. The highest BCUT2D eigenvalue weighted by molar-refractivity contribution is 5.94. The van der Waals surface area contributed by atoms with E-state index in [9.17, 15) is 9.59 Å². The van der Waals surface area contributed by atoms with Crippen LogP contribution in [0.3, 0.4) is 0 Å². The molecule has 0 atom stereocenters. The molecule has 0 aliphatic heterocycles. The highest BCUT2D eigenvalue weighted by Gasteiger charge is 2.27. The Bertz CT molecular complexity index is 510. The Morgan fingerprint density at radius 2 is 2.05 bits per heavy atom. The van der Waals surface area contributed by atoms with Gasteiger partial charge < -0.3 is 5.11 Å². The second kappa shape index (κ2) is 7.20. The van der Waals surface area contributed by atoms with Crippen LogP contribution >= 0.6 is 0 Å². The van der Waals surface area contributed by atoms with Crippen molar-refractivity contribution in [2.75, 3.05) is 11.4 Å². The zero-order chi connectivity index (χ0) is 15.2. The lowest BCUT2D eigenvalue weighted by atomic mass is 9.88. The van der Waals surface area contributed by atoms with Gasteiger partial charge >= 0.3 is 5.97 Å². The summed E-state index contributed by atoms with van der Waals surface area (Å²) in [6.07, 6.45) is 6.72. The van der Waals surface area contributed by atoms with Gasteiger partial charge in [0, 0.05) is 18.7 Å². The number of amides is 1. The minimum Gasteiger partial charge on any atom is -0.481 e. The number of carboxylic acids is 1. The van der Waals surface area contributed by atoms with Crippen LogP contribution < -0.4 is 4.90 Å². The minimum atomic E-state index is -0.899. The number of carbonyl (C=O) groups is 2. The second-order valence-electron chi connectivity index (χ2n) is 5.66. The summed E-state index contributed by atoms with van der Waals surface area (Å²) < 4.78 is 0. The SMILES string of the molecule is Cc1ccnc(N(CCC(=O)O)C(=O)C2CCCCC2)c1. The molecule has 0 unspecified atom stereocenters. The van der Waals surface area contributed by atoms with Gasteiger partial charge in [0.05, 0.1) is 6.42 Å². The summed E-state index contributed by atoms with van der Waals surface area (Å²) >= 11 is 0. The van der Waals surface area contributed by atoms with Gasteiger partial charge in [-0.3, -0.25) is 14.5 Å². The maximum atomic E-state index is 12.7. The maximum Gasteiger partial charge on any atom is 0.305 e. The van der Waals surface area contributed by atoms with Gasteiger partial charge in [-0.25, -0.2) is 4.98 Å². The van der Waals surface area contributed by atoms with Gasteiger partial charge in [-0.1, -0.05) is 19.3 Å². The van der Waals surface area contributed by atoms with Crippen LogP contribution in [0.5, 0.6) is 0 Å². The Balaban J connectivity index is 2.18. The van der Waals surface area contributed by atoms with Crippen LogP contribution in [0.1, 0.15) is 44.1 Å². The zero-order valence-electron chi connectivity index (χ0n) is 12.4. The van der Waals surface area contributed by atoms with Crippen LogP contribution in [0, 0.1) is 12.8 Å². The molecular formula is C16H22N2O3. The lowest BCUT2D eigenvalue weighted by molar-refractivity contribution is -0.136. The molecule has 0 saturated heterocycles. The molecule has 0 spiro atoms. The van der Waals surface area contributed by atoms with Crippen molar-refractivity contribution >= 4 is 17.7 Å². The molecule has 0 aromatic carbocycles.